The van der Waals surface area contributed by atoms with Crippen molar-refractivity contribution in [3.8, 4) is 6.07 Å². The number of alkyl halides is 2. The first-order valence-corrected chi connectivity index (χ1v) is 13.0. The van der Waals surface area contributed by atoms with Gasteiger partial charge in [0.1, 0.15) is 5.92 Å². The molecule has 3 atom stereocenters. The third-order valence-corrected chi connectivity index (χ3v) is 7.39. The molecule has 2 aliphatic rings. The molecule has 3 rings (SSSR count). The normalized spacial score (nSPS) is 21.4. The van der Waals surface area contributed by atoms with E-state index in [-0.39, 0.29) is 64.4 Å². The van der Waals surface area contributed by atoms with Gasteiger partial charge in [-0.2, -0.15) is 5.26 Å². The highest BCUT2D eigenvalue weighted by molar-refractivity contribution is 6.43. The molecule has 0 bridgehead atoms. The molecule has 1 aromatic rings. The highest BCUT2D eigenvalue weighted by Crippen LogP contribution is 2.34. The van der Waals surface area contributed by atoms with Gasteiger partial charge in [0.05, 0.1) is 37.7 Å². The van der Waals surface area contributed by atoms with Crippen molar-refractivity contribution < 1.29 is 33.2 Å². The Bertz CT molecular complexity index is 992. The van der Waals surface area contributed by atoms with Crippen molar-refractivity contribution in [2.75, 3.05) is 32.8 Å². The van der Waals surface area contributed by atoms with Crippen LogP contribution in [0.5, 0.6) is 0 Å². The maximum atomic E-state index is 13.7. The van der Waals surface area contributed by atoms with Gasteiger partial charge in [-0.05, 0) is 38.7 Å². The second-order valence-electron chi connectivity index (χ2n) is 10.8. The summed E-state index contributed by atoms with van der Waals surface area (Å²) in [6, 6.07) is 11.2. The summed E-state index contributed by atoms with van der Waals surface area (Å²) in [5, 5.41) is 31.7. The van der Waals surface area contributed by atoms with Crippen LogP contribution in [0.3, 0.4) is 0 Å². The molecule has 9 nitrogen and oxygen atoms in total. The van der Waals surface area contributed by atoms with Gasteiger partial charge >= 0.3 is 7.12 Å². The van der Waals surface area contributed by atoms with Crippen LogP contribution in [0.4, 0.5) is 8.78 Å². The standard InChI is InChI=1S/C26H37BF2N4O5/c1-25(2,33-11-10-26(28,29)18-33)9-8-20(16-30)24(35)32-12-13-38-21(17-32)15-23(34)31-22(27(36)37)14-19-6-4-3-5-7-19/h3-7,20-22,36-37H,8-15,17-18H2,1-2H3,(H,31,34)/t20?,21-,22-/m0/s1. The Balaban J connectivity index is 1.51. The number of rotatable bonds is 11. The minimum absolute atomic E-state index is 0.0881. The highest BCUT2D eigenvalue weighted by Gasteiger charge is 2.44. The zero-order valence-electron chi connectivity index (χ0n) is 22.0. The van der Waals surface area contributed by atoms with Gasteiger partial charge in [0, 0.05) is 31.6 Å². The first kappa shape index (κ1) is 30.0. The lowest BCUT2D eigenvalue weighted by Gasteiger charge is -2.37. The number of hydrogen-bond donors (Lipinski definition) is 3. The molecule has 0 spiro atoms. The van der Waals surface area contributed by atoms with Gasteiger partial charge in [-0.25, -0.2) is 8.78 Å². The number of nitriles is 1. The zero-order valence-corrected chi connectivity index (χ0v) is 22.0. The number of ether oxygens (including phenoxy) is 1. The second-order valence-corrected chi connectivity index (χ2v) is 10.8. The number of carbonyl (C=O) groups excluding carboxylic acids is 2. The Morgan fingerprint density at radius 2 is 2.00 bits per heavy atom. The fourth-order valence-electron chi connectivity index (χ4n) is 4.99. The molecule has 2 heterocycles. The summed E-state index contributed by atoms with van der Waals surface area (Å²) in [6.45, 7) is 4.26. The van der Waals surface area contributed by atoms with Gasteiger partial charge < -0.3 is 25.0 Å². The summed E-state index contributed by atoms with van der Waals surface area (Å²) in [4.78, 5) is 29.0. The van der Waals surface area contributed by atoms with Crippen molar-refractivity contribution in [2.24, 2.45) is 5.92 Å². The van der Waals surface area contributed by atoms with Gasteiger partial charge in [-0.15, -0.1) is 0 Å². The zero-order chi connectivity index (χ0) is 27.9. The maximum absolute atomic E-state index is 13.7. The molecule has 1 aromatic carbocycles. The summed E-state index contributed by atoms with van der Waals surface area (Å²) in [5.74, 6) is -5.36. The first-order valence-electron chi connectivity index (χ1n) is 13.0. The number of carbonyl (C=O) groups is 2. The van der Waals surface area contributed by atoms with E-state index < -0.39 is 42.5 Å². The van der Waals surface area contributed by atoms with Crippen molar-refractivity contribution >= 4 is 18.9 Å². The van der Waals surface area contributed by atoms with Crippen molar-refractivity contribution in [1.82, 2.24) is 15.1 Å². The molecule has 3 N–H and O–H groups in total. The minimum atomic E-state index is -2.71. The van der Waals surface area contributed by atoms with Crippen LogP contribution in [0.2, 0.25) is 0 Å². The molecular weight excluding hydrogens is 497 g/mol. The maximum Gasteiger partial charge on any atom is 0.475 e. The van der Waals surface area contributed by atoms with E-state index >= 15 is 0 Å². The number of amides is 2. The van der Waals surface area contributed by atoms with Gasteiger partial charge in [-0.3, -0.25) is 14.5 Å². The third-order valence-electron chi connectivity index (χ3n) is 7.39. The van der Waals surface area contributed by atoms with Crippen molar-refractivity contribution in [3.63, 3.8) is 0 Å². The molecule has 208 valence electrons. The molecule has 2 fully saturated rings. The Morgan fingerprint density at radius 3 is 2.61 bits per heavy atom. The molecular formula is C26H37BF2N4O5. The number of nitrogens with one attached hydrogen (secondary N) is 1. The summed E-state index contributed by atoms with van der Waals surface area (Å²) in [5.41, 5.74) is 0.259. The Labute approximate surface area is 222 Å². The van der Waals surface area contributed by atoms with Gasteiger partial charge in [0.15, 0.2) is 0 Å². The Morgan fingerprint density at radius 1 is 1.29 bits per heavy atom. The van der Waals surface area contributed by atoms with E-state index in [0.29, 0.717) is 6.42 Å². The lowest BCUT2D eigenvalue weighted by Crippen LogP contribution is -2.51. The summed E-state index contributed by atoms with van der Waals surface area (Å²) in [6.07, 6.45) is -0.00379. The molecule has 2 amide bonds. The van der Waals surface area contributed by atoms with Crippen LogP contribution >= 0.6 is 0 Å². The van der Waals surface area contributed by atoms with Gasteiger partial charge in [-0.1, -0.05) is 30.3 Å². The molecule has 0 radical (unpaired) electrons. The SMILES string of the molecule is CC(C)(CCC(C#N)C(=O)N1CCO[C@@H](CC(=O)N[C@@H](Cc2ccccc2)B(O)O)C1)N1CCC(F)(F)C1. The summed E-state index contributed by atoms with van der Waals surface area (Å²) < 4.78 is 33.0. The van der Waals surface area contributed by atoms with Crippen LogP contribution in [-0.2, 0) is 20.7 Å². The highest BCUT2D eigenvalue weighted by atomic mass is 19.3. The number of hydrogen-bond acceptors (Lipinski definition) is 7. The van der Waals surface area contributed by atoms with Crippen molar-refractivity contribution in [2.45, 2.75) is 69.5 Å². The number of nitrogens with zero attached hydrogens (tertiary/aromatic N) is 3. The summed E-state index contributed by atoms with van der Waals surface area (Å²) >= 11 is 0. The van der Waals surface area contributed by atoms with Gasteiger partial charge in [0.25, 0.3) is 5.92 Å². The number of morpholine rings is 1. The van der Waals surface area contributed by atoms with Crippen LogP contribution in [0.25, 0.3) is 0 Å². The van der Waals surface area contributed by atoms with Crippen LogP contribution < -0.4 is 5.32 Å². The quantitative estimate of drug-likeness (QED) is 0.367. The number of benzene rings is 1. The topological polar surface area (TPSA) is 126 Å². The molecule has 12 heteroatoms. The predicted molar refractivity (Wildman–Crippen MR) is 137 cm³/mol. The monoisotopic (exact) mass is 534 g/mol. The average molecular weight is 534 g/mol. The molecule has 0 aliphatic carbocycles. The van der Waals surface area contributed by atoms with E-state index in [2.05, 4.69) is 11.4 Å². The molecule has 2 saturated heterocycles. The van der Waals surface area contributed by atoms with E-state index in [4.69, 9.17) is 4.74 Å². The largest absolute Gasteiger partial charge is 0.475 e. The molecule has 0 aromatic heterocycles. The smallest absolute Gasteiger partial charge is 0.426 e. The third kappa shape index (κ3) is 8.46. The van der Waals surface area contributed by atoms with Crippen LogP contribution in [0, 0.1) is 17.2 Å². The van der Waals surface area contributed by atoms with E-state index in [1.807, 2.05) is 44.2 Å². The average Bonchev–Trinajstić information content (AvgIpc) is 3.25. The van der Waals surface area contributed by atoms with Crippen molar-refractivity contribution in [1.29, 1.82) is 5.26 Å². The Hall–Kier alpha value is -2.59. The molecule has 38 heavy (non-hydrogen) atoms. The minimum Gasteiger partial charge on any atom is -0.426 e. The van der Waals surface area contributed by atoms with Crippen LogP contribution in [0.1, 0.15) is 45.1 Å². The Kier molecular flexibility index (Phi) is 10.2. The molecule has 2 aliphatic heterocycles. The fourth-order valence-corrected chi connectivity index (χ4v) is 4.99. The van der Waals surface area contributed by atoms with E-state index in [1.54, 1.807) is 4.90 Å². The summed E-state index contributed by atoms with van der Waals surface area (Å²) in [7, 11) is -1.75. The van der Waals surface area contributed by atoms with E-state index in [0.717, 1.165) is 5.56 Å². The van der Waals surface area contributed by atoms with Crippen LogP contribution in [0.15, 0.2) is 30.3 Å². The van der Waals surface area contributed by atoms with Gasteiger partial charge in [0.2, 0.25) is 11.8 Å². The lowest BCUT2D eigenvalue weighted by atomic mass is 9.76. The van der Waals surface area contributed by atoms with Crippen molar-refractivity contribution in [3.05, 3.63) is 35.9 Å². The molecule has 1 unspecified atom stereocenters. The predicted octanol–water partition coefficient (Wildman–Crippen LogP) is 1.38. The molecule has 0 saturated carbocycles. The first-order chi connectivity index (χ1) is 17.9. The van der Waals surface area contributed by atoms with E-state index in [9.17, 15) is 33.7 Å². The van der Waals surface area contributed by atoms with E-state index in [1.165, 1.54) is 4.90 Å². The number of likely N-dealkylation sites (tertiary alicyclic amines) is 1. The fraction of sp³-hybridized carbons (Fsp3) is 0.654. The second kappa shape index (κ2) is 13.0. The van der Waals surface area contributed by atoms with Crippen LogP contribution in [-0.4, -0.2) is 95.1 Å². The number of halogens is 2. The lowest BCUT2D eigenvalue weighted by molar-refractivity contribution is -0.144.